The molecular formula is C21H24BrClN2O2. The van der Waals surface area contributed by atoms with E-state index >= 15 is 0 Å². The van der Waals surface area contributed by atoms with Crippen LogP contribution in [0, 0.1) is 0 Å². The number of halogens is 2. The lowest BCUT2D eigenvalue weighted by Gasteiger charge is -2.29. The highest BCUT2D eigenvalue weighted by atomic mass is 79.9. The van der Waals surface area contributed by atoms with Gasteiger partial charge in [0.2, 0.25) is 11.8 Å². The molecule has 0 aliphatic rings. The molecule has 27 heavy (non-hydrogen) atoms. The summed E-state index contributed by atoms with van der Waals surface area (Å²) in [5.41, 5.74) is 1.70. The standard InChI is InChI=1S/C21H24BrClN2O2/c1-14(2)24-21(27)15(3)25(13-16-8-10-18(22)11-9-16)20(26)12-17-6-4-5-7-19(17)23/h4-11,14-15H,12-13H2,1-3H3,(H,24,27). The summed E-state index contributed by atoms with van der Waals surface area (Å²) < 4.78 is 0.964. The lowest BCUT2D eigenvalue weighted by molar-refractivity contribution is -0.140. The number of hydrogen-bond donors (Lipinski definition) is 1. The molecule has 0 fully saturated rings. The van der Waals surface area contributed by atoms with Crippen molar-refractivity contribution in [2.45, 2.75) is 45.8 Å². The van der Waals surface area contributed by atoms with E-state index in [1.165, 1.54) is 0 Å². The Morgan fingerprint density at radius 1 is 1.07 bits per heavy atom. The summed E-state index contributed by atoms with van der Waals surface area (Å²) in [5.74, 6) is -0.313. The highest BCUT2D eigenvalue weighted by molar-refractivity contribution is 9.10. The summed E-state index contributed by atoms with van der Waals surface area (Å²) in [5, 5.41) is 3.43. The van der Waals surface area contributed by atoms with E-state index in [1.54, 1.807) is 17.9 Å². The first-order valence-electron chi connectivity index (χ1n) is 8.85. The van der Waals surface area contributed by atoms with Crippen molar-refractivity contribution in [1.29, 1.82) is 0 Å². The maximum atomic E-state index is 13.0. The Morgan fingerprint density at radius 2 is 1.70 bits per heavy atom. The molecule has 144 valence electrons. The molecule has 0 spiro atoms. The van der Waals surface area contributed by atoms with Crippen molar-refractivity contribution in [3.8, 4) is 0 Å². The first kappa shape index (κ1) is 21.5. The van der Waals surface area contributed by atoms with Gasteiger partial charge in [-0.3, -0.25) is 9.59 Å². The molecule has 2 rings (SSSR count). The SMILES string of the molecule is CC(C)NC(=O)C(C)N(Cc1ccc(Br)cc1)C(=O)Cc1ccccc1Cl. The Hall–Kier alpha value is -1.85. The van der Waals surface area contributed by atoms with Crippen LogP contribution in [0.15, 0.2) is 53.0 Å². The van der Waals surface area contributed by atoms with Gasteiger partial charge in [-0.05, 0) is 50.1 Å². The number of benzene rings is 2. The van der Waals surface area contributed by atoms with E-state index in [0.29, 0.717) is 11.6 Å². The quantitative estimate of drug-likeness (QED) is 0.669. The van der Waals surface area contributed by atoms with Gasteiger partial charge in [0.15, 0.2) is 0 Å². The van der Waals surface area contributed by atoms with Crippen LogP contribution in [0.1, 0.15) is 31.9 Å². The van der Waals surface area contributed by atoms with E-state index in [1.807, 2.05) is 56.3 Å². The maximum absolute atomic E-state index is 13.0. The third-order valence-corrected chi connectivity index (χ3v) is 5.06. The third-order valence-electron chi connectivity index (χ3n) is 4.16. The topological polar surface area (TPSA) is 49.4 Å². The zero-order valence-electron chi connectivity index (χ0n) is 15.7. The van der Waals surface area contributed by atoms with Crippen LogP contribution in [0.5, 0.6) is 0 Å². The van der Waals surface area contributed by atoms with E-state index in [4.69, 9.17) is 11.6 Å². The van der Waals surface area contributed by atoms with Gasteiger partial charge >= 0.3 is 0 Å². The van der Waals surface area contributed by atoms with Crippen molar-refractivity contribution < 1.29 is 9.59 Å². The van der Waals surface area contributed by atoms with Crippen molar-refractivity contribution in [2.24, 2.45) is 0 Å². The molecule has 0 saturated carbocycles. The molecule has 2 aromatic carbocycles. The van der Waals surface area contributed by atoms with Gasteiger partial charge in [-0.2, -0.15) is 0 Å². The van der Waals surface area contributed by atoms with Crippen LogP contribution in [-0.2, 0) is 22.6 Å². The van der Waals surface area contributed by atoms with Crippen LogP contribution >= 0.6 is 27.5 Å². The molecular weight excluding hydrogens is 428 g/mol. The molecule has 0 aromatic heterocycles. The van der Waals surface area contributed by atoms with Crippen LogP contribution < -0.4 is 5.32 Å². The van der Waals surface area contributed by atoms with Gasteiger partial charge in [-0.1, -0.05) is 57.9 Å². The lowest BCUT2D eigenvalue weighted by Crippen LogP contribution is -2.49. The molecule has 2 amide bonds. The molecule has 0 saturated heterocycles. The van der Waals surface area contributed by atoms with E-state index < -0.39 is 6.04 Å². The summed E-state index contributed by atoms with van der Waals surface area (Å²) in [6.45, 7) is 5.90. The molecule has 2 aromatic rings. The minimum absolute atomic E-state index is 0.00755. The number of amides is 2. The fourth-order valence-electron chi connectivity index (χ4n) is 2.68. The number of nitrogens with one attached hydrogen (secondary N) is 1. The number of carbonyl (C=O) groups excluding carboxylic acids is 2. The average Bonchev–Trinajstić information content (AvgIpc) is 2.62. The number of carbonyl (C=O) groups is 2. The largest absolute Gasteiger partial charge is 0.352 e. The van der Waals surface area contributed by atoms with Crippen LogP contribution in [0.4, 0.5) is 0 Å². The monoisotopic (exact) mass is 450 g/mol. The Bertz CT molecular complexity index is 793. The summed E-state index contributed by atoms with van der Waals surface area (Å²) in [4.78, 5) is 27.2. The normalized spacial score (nSPS) is 11.9. The molecule has 6 heteroatoms. The first-order valence-corrected chi connectivity index (χ1v) is 10.0. The number of nitrogens with zero attached hydrogens (tertiary/aromatic N) is 1. The van der Waals surface area contributed by atoms with Gasteiger partial charge in [0.05, 0.1) is 6.42 Å². The van der Waals surface area contributed by atoms with Crippen molar-refractivity contribution in [2.75, 3.05) is 0 Å². The van der Waals surface area contributed by atoms with E-state index in [9.17, 15) is 9.59 Å². The minimum Gasteiger partial charge on any atom is -0.352 e. The highest BCUT2D eigenvalue weighted by Crippen LogP contribution is 2.19. The van der Waals surface area contributed by atoms with E-state index in [-0.39, 0.29) is 24.3 Å². The zero-order valence-corrected chi connectivity index (χ0v) is 18.0. The first-order chi connectivity index (χ1) is 12.8. The molecule has 0 heterocycles. The van der Waals surface area contributed by atoms with Crippen molar-refractivity contribution in [3.05, 3.63) is 69.2 Å². The second-order valence-electron chi connectivity index (χ2n) is 6.76. The third kappa shape index (κ3) is 6.36. The summed E-state index contributed by atoms with van der Waals surface area (Å²) >= 11 is 9.62. The minimum atomic E-state index is -0.592. The van der Waals surface area contributed by atoms with Crippen molar-refractivity contribution in [1.82, 2.24) is 10.2 Å². The van der Waals surface area contributed by atoms with E-state index in [2.05, 4.69) is 21.2 Å². The van der Waals surface area contributed by atoms with Gasteiger partial charge < -0.3 is 10.2 Å². The van der Waals surface area contributed by atoms with Crippen molar-refractivity contribution in [3.63, 3.8) is 0 Å². The van der Waals surface area contributed by atoms with Gasteiger partial charge in [-0.25, -0.2) is 0 Å². The molecule has 4 nitrogen and oxygen atoms in total. The summed E-state index contributed by atoms with van der Waals surface area (Å²) in [6.07, 6.45) is 0.148. The molecule has 0 aliphatic heterocycles. The molecule has 0 bridgehead atoms. The second kappa shape index (κ2) is 9.90. The molecule has 1 unspecified atom stereocenters. The Kier molecular flexibility index (Phi) is 7.87. The zero-order chi connectivity index (χ0) is 20.0. The second-order valence-corrected chi connectivity index (χ2v) is 8.08. The predicted molar refractivity (Wildman–Crippen MR) is 113 cm³/mol. The lowest BCUT2D eigenvalue weighted by atomic mass is 10.1. The van der Waals surface area contributed by atoms with Crippen LogP contribution in [0.3, 0.4) is 0 Å². The number of hydrogen-bond acceptors (Lipinski definition) is 2. The fourth-order valence-corrected chi connectivity index (χ4v) is 3.15. The Morgan fingerprint density at radius 3 is 2.30 bits per heavy atom. The average molecular weight is 452 g/mol. The Labute approximate surface area is 174 Å². The Balaban J connectivity index is 2.24. The molecule has 1 N–H and O–H groups in total. The predicted octanol–water partition coefficient (Wildman–Crippen LogP) is 4.59. The van der Waals surface area contributed by atoms with Crippen LogP contribution in [-0.4, -0.2) is 28.8 Å². The number of rotatable bonds is 7. The van der Waals surface area contributed by atoms with Crippen LogP contribution in [0.2, 0.25) is 5.02 Å². The summed E-state index contributed by atoms with van der Waals surface area (Å²) in [7, 11) is 0. The maximum Gasteiger partial charge on any atom is 0.242 e. The van der Waals surface area contributed by atoms with Gasteiger partial charge in [0.1, 0.15) is 6.04 Å². The molecule has 1 atom stereocenters. The highest BCUT2D eigenvalue weighted by Gasteiger charge is 2.26. The summed E-state index contributed by atoms with van der Waals surface area (Å²) in [6, 6.07) is 14.4. The van der Waals surface area contributed by atoms with Gasteiger partial charge in [-0.15, -0.1) is 0 Å². The van der Waals surface area contributed by atoms with Crippen molar-refractivity contribution >= 4 is 39.3 Å². The van der Waals surface area contributed by atoms with Gasteiger partial charge in [0.25, 0.3) is 0 Å². The van der Waals surface area contributed by atoms with E-state index in [0.717, 1.165) is 15.6 Å². The smallest absolute Gasteiger partial charge is 0.242 e. The molecule has 0 radical (unpaired) electrons. The fraction of sp³-hybridized carbons (Fsp3) is 0.333. The molecule has 0 aliphatic carbocycles. The van der Waals surface area contributed by atoms with Gasteiger partial charge in [0, 0.05) is 22.1 Å². The van der Waals surface area contributed by atoms with Crippen LogP contribution in [0.25, 0.3) is 0 Å².